The van der Waals surface area contributed by atoms with Crippen LogP contribution in [0.15, 0.2) is 36.4 Å². The van der Waals surface area contributed by atoms with Crippen LogP contribution < -0.4 is 5.32 Å². The van der Waals surface area contributed by atoms with Crippen molar-refractivity contribution >= 4 is 5.69 Å². The summed E-state index contributed by atoms with van der Waals surface area (Å²) in [6, 6.07) is 12.6. The number of anilines is 1. The Labute approximate surface area is 114 Å². The van der Waals surface area contributed by atoms with Crippen LogP contribution in [0.3, 0.4) is 0 Å². The van der Waals surface area contributed by atoms with Crippen molar-refractivity contribution in [1.82, 2.24) is 0 Å². The second-order valence-electron chi connectivity index (χ2n) is 5.44. The molecule has 19 heavy (non-hydrogen) atoms. The molecule has 1 aliphatic rings. The van der Waals surface area contributed by atoms with E-state index in [2.05, 4.69) is 30.4 Å². The number of benzene rings is 2. The van der Waals surface area contributed by atoms with Gasteiger partial charge in [0, 0.05) is 5.69 Å². The summed E-state index contributed by atoms with van der Waals surface area (Å²) >= 11 is 0. The van der Waals surface area contributed by atoms with E-state index in [-0.39, 0.29) is 0 Å². The highest BCUT2D eigenvalue weighted by molar-refractivity contribution is 5.56. The van der Waals surface area contributed by atoms with Crippen LogP contribution >= 0.6 is 0 Å². The van der Waals surface area contributed by atoms with E-state index in [0.29, 0.717) is 11.8 Å². The van der Waals surface area contributed by atoms with Gasteiger partial charge in [0.05, 0.1) is 6.04 Å². The molecular formula is C17H19NO. The van der Waals surface area contributed by atoms with Gasteiger partial charge in [0.2, 0.25) is 0 Å². The first-order chi connectivity index (χ1) is 9.13. The number of aryl methyl sites for hydroxylation is 3. The minimum Gasteiger partial charge on any atom is -0.508 e. The highest BCUT2D eigenvalue weighted by atomic mass is 16.3. The molecule has 0 saturated heterocycles. The van der Waals surface area contributed by atoms with Gasteiger partial charge in [0.15, 0.2) is 0 Å². The quantitative estimate of drug-likeness (QED) is 0.789. The lowest BCUT2D eigenvalue weighted by Crippen LogP contribution is -2.08. The summed E-state index contributed by atoms with van der Waals surface area (Å²) in [7, 11) is 0. The van der Waals surface area contributed by atoms with Crippen molar-refractivity contribution in [1.29, 1.82) is 0 Å². The van der Waals surface area contributed by atoms with Gasteiger partial charge in [-0.25, -0.2) is 0 Å². The maximum absolute atomic E-state index is 9.46. The number of nitrogens with one attached hydrogen (secondary N) is 1. The molecule has 1 atom stereocenters. The zero-order valence-corrected chi connectivity index (χ0v) is 11.4. The number of rotatable bonds is 2. The topological polar surface area (TPSA) is 32.3 Å². The van der Waals surface area contributed by atoms with Crippen LogP contribution in [-0.4, -0.2) is 5.11 Å². The molecule has 2 aromatic carbocycles. The van der Waals surface area contributed by atoms with E-state index < -0.39 is 0 Å². The summed E-state index contributed by atoms with van der Waals surface area (Å²) < 4.78 is 0. The summed E-state index contributed by atoms with van der Waals surface area (Å²) in [5, 5.41) is 13.1. The van der Waals surface area contributed by atoms with E-state index in [9.17, 15) is 5.11 Å². The van der Waals surface area contributed by atoms with Crippen molar-refractivity contribution in [2.45, 2.75) is 32.7 Å². The Morgan fingerprint density at radius 2 is 1.95 bits per heavy atom. The summed E-state index contributed by atoms with van der Waals surface area (Å²) in [6.07, 6.45) is 2.28. The van der Waals surface area contributed by atoms with Crippen molar-refractivity contribution in [2.75, 3.05) is 5.32 Å². The zero-order valence-electron chi connectivity index (χ0n) is 11.4. The molecule has 2 aromatic rings. The number of hydrogen-bond acceptors (Lipinski definition) is 2. The van der Waals surface area contributed by atoms with E-state index in [4.69, 9.17) is 0 Å². The molecule has 0 spiro atoms. The smallest absolute Gasteiger partial charge is 0.115 e. The maximum Gasteiger partial charge on any atom is 0.115 e. The number of hydrogen-bond donors (Lipinski definition) is 2. The Bertz CT molecular complexity index is 619. The van der Waals surface area contributed by atoms with E-state index >= 15 is 0 Å². The van der Waals surface area contributed by atoms with E-state index in [1.807, 2.05) is 13.0 Å². The fourth-order valence-electron chi connectivity index (χ4n) is 2.87. The van der Waals surface area contributed by atoms with Crippen molar-refractivity contribution in [2.24, 2.45) is 0 Å². The molecule has 1 unspecified atom stereocenters. The largest absolute Gasteiger partial charge is 0.508 e. The molecule has 0 amide bonds. The van der Waals surface area contributed by atoms with E-state index in [1.165, 1.54) is 16.7 Å². The predicted molar refractivity (Wildman–Crippen MR) is 78.7 cm³/mol. The third kappa shape index (κ3) is 2.30. The molecule has 1 aliphatic carbocycles. The van der Waals surface area contributed by atoms with Gasteiger partial charge in [-0.05, 0) is 61.6 Å². The van der Waals surface area contributed by atoms with Gasteiger partial charge in [0.25, 0.3) is 0 Å². The second kappa shape index (κ2) is 4.61. The van der Waals surface area contributed by atoms with Crippen molar-refractivity contribution in [3.05, 3.63) is 58.7 Å². The summed E-state index contributed by atoms with van der Waals surface area (Å²) in [6.45, 7) is 4.16. The molecular weight excluding hydrogens is 234 g/mol. The Hall–Kier alpha value is -1.96. The molecule has 0 aromatic heterocycles. The molecule has 0 radical (unpaired) electrons. The third-order valence-electron chi connectivity index (χ3n) is 3.92. The molecule has 0 fully saturated rings. The molecule has 2 nitrogen and oxygen atoms in total. The van der Waals surface area contributed by atoms with Crippen LogP contribution in [0.1, 0.15) is 34.7 Å². The fourth-order valence-corrected chi connectivity index (χ4v) is 2.87. The first-order valence-corrected chi connectivity index (χ1v) is 6.79. The monoisotopic (exact) mass is 253 g/mol. The Morgan fingerprint density at radius 1 is 1.11 bits per heavy atom. The molecule has 3 rings (SSSR count). The molecule has 98 valence electrons. The fraction of sp³-hybridized carbons (Fsp3) is 0.294. The lowest BCUT2D eigenvalue weighted by atomic mass is 10.0. The highest BCUT2D eigenvalue weighted by Gasteiger charge is 2.22. The van der Waals surface area contributed by atoms with Crippen molar-refractivity contribution < 1.29 is 5.11 Å². The van der Waals surface area contributed by atoms with Gasteiger partial charge in [-0.15, -0.1) is 0 Å². The number of phenolic OH excluding ortho intramolecular Hbond substituents is 1. The van der Waals surface area contributed by atoms with Crippen molar-refractivity contribution in [3.8, 4) is 5.75 Å². The van der Waals surface area contributed by atoms with Crippen LogP contribution in [0.5, 0.6) is 5.75 Å². The van der Waals surface area contributed by atoms with Gasteiger partial charge < -0.3 is 10.4 Å². The number of fused-ring (bicyclic) bond motifs is 1. The standard InChI is InChI=1S/C17H19NO/c1-11-3-4-13-5-7-17(15(13)9-11)18-16-8-6-14(19)10-12(16)2/h3-4,6,8-10,17-19H,5,7H2,1-2H3. The third-order valence-corrected chi connectivity index (χ3v) is 3.92. The minimum absolute atomic E-state index is 0.325. The molecule has 0 heterocycles. The molecule has 2 heteroatoms. The number of aromatic hydroxyl groups is 1. The predicted octanol–water partition coefficient (Wildman–Crippen LogP) is 4.11. The average molecular weight is 253 g/mol. The van der Waals surface area contributed by atoms with E-state index in [0.717, 1.165) is 24.1 Å². The minimum atomic E-state index is 0.325. The molecule has 0 aliphatic heterocycles. The number of phenols is 1. The molecule has 2 N–H and O–H groups in total. The van der Waals surface area contributed by atoms with Crippen LogP contribution in [-0.2, 0) is 6.42 Å². The van der Waals surface area contributed by atoms with Crippen LogP contribution in [0, 0.1) is 13.8 Å². The van der Waals surface area contributed by atoms with Gasteiger partial charge >= 0.3 is 0 Å². The van der Waals surface area contributed by atoms with Crippen LogP contribution in [0.25, 0.3) is 0 Å². The lowest BCUT2D eigenvalue weighted by Gasteiger charge is -2.18. The van der Waals surface area contributed by atoms with E-state index in [1.54, 1.807) is 12.1 Å². The molecule has 0 saturated carbocycles. The highest BCUT2D eigenvalue weighted by Crippen LogP contribution is 2.35. The van der Waals surface area contributed by atoms with Gasteiger partial charge in [-0.2, -0.15) is 0 Å². The maximum atomic E-state index is 9.46. The summed E-state index contributed by atoms with van der Waals surface area (Å²) in [5.74, 6) is 0.325. The lowest BCUT2D eigenvalue weighted by molar-refractivity contribution is 0.475. The zero-order chi connectivity index (χ0) is 13.4. The molecule has 0 bridgehead atoms. The Kier molecular flexibility index (Phi) is 2.94. The van der Waals surface area contributed by atoms with Gasteiger partial charge in [-0.1, -0.05) is 23.8 Å². The SMILES string of the molecule is Cc1ccc2c(c1)C(Nc1ccc(O)cc1C)CC2. The Morgan fingerprint density at radius 3 is 2.74 bits per heavy atom. The van der Waals surface area contributed by atoms with Crippen LogP contribution in [0.2, 0.25) is 0 Å². The average Bonchev–Trinajstić information content (AvgIpc) is 2.75. The Balaban J connectivity index is 1.88. The first kappa shape index (κ1) is 12.1. The summed E-state index contributed by atoms with van der Waals surface area (Å²) in [4.78, 5) is 0. The van der Waals surface area contributed by atoms with Crippen LogP contribution in [0.4, 0.5) is 5.69 Å². The van der Waals surface area contributed by atoms with Gasteiger partial charge in [0.1, 0.15) is 5.75 Å². The second-order valence-corrected chi connectivity index (χ2v) is 5.44. The normalized spacial score (nSPS) is 17.3. The van der Waals surface area contributed by atoms with Crippen molar-refractivity contribution in [3.63, 3.8) is 0 Å². The summed E-state index contributed by atoms with van der Waals surface area (Å²) in [5.41, 5.74) is 6.39. The first-order valence-electron chi connectivity index (χ1n) is 6.79. The van der Waals surface area contributed by atoms with Gasteiger partial charge in [-0.3, -0.25) is 0 Å².